The molecule has 1 saturated carbocycles. The minimum atomic E-state index is -0.599. The molecule has 1 rings (SSSR count). The number of hydrogen-bond acceptors (Lipinski definition) is 2. The standard InChI is InChI=1S/C11H23NOS/c1-11(2,9-12)7-8-14(13)10-5-3-4-6-10/h10H,3-9,12H2,1-2H3. The molecular weight excluding hydrogens is 194 g/mol. The number of hydrogen-bond donors (Lipinski definition) is 1. The average molecular weight is 217 g/mol. The van der Waals surface area contributed by atoms with E-state index in [4.69, 9.17) is 5.73 Å². The van der Waals surface area contributed by atoms with Crippen LogP contribution in [0.3, 0.4) is 0 Å². The molecule has 0 aromatic carbocycles. The van der Waals surface area contributed by atoms with Crippen LogP contribution in [-0.4, -0.2) is 21.8 Å². The highest BCUT2D eigenvalue weighted by Gasteiger charge is 2.23. The summed E-state index contributed by atoms with van der Waals surface area (Å²) in [5.74, 6) is 0.842. The van der Waals surface area contributed by atoms with Gasteiger partial charge >= 0.3 is 0 Å². The third kappa shape index (κ3) is 3.70. The first-order valence-electron chi connectivity index (χ1n) is 5.62. The van der Waals surface area contributed by atoms with Gasteiger partial charge in [0.2, 0.25) is 0 Å². The molecule has 3 heteroatoms. The van der Waals surface area contributed by atoms with Crippen LogP contribution in [0.5, 0.6) is 0 Å². The van der Waals surface area contributed by atoms with E-state index in [0.717, 1.165) is 12.2 Å². The fraction of sp³-hybridized carbons (Fsp3) is 1.00. The van der Waals surface area contributed by atoms with E-state index in [1.54, 1.807) is 0 Å². The van der Waals surface area contributed by atoms with E-state index in [-0.39, 0.29) is 5.41 Å². The molecule has 84 valence electrons. The molecule has 0 heterocycles. The lowest BCUT2D eigenvalue weighted by molar-refractivity contribution is 0.366. The topological polar surface area (TPSA) is 43.1 Å². The van der Waals surface area contributed by atoms with Crippen molar-refractivity contribution in [2.24, 2.45) is 11.1 Å². The first kappa shape index (κ1) is 12.2. The van der Waals surface area contributed by atoms with Crippen molar-refractivity contribution in [3.05, 3.63) is 0 Å². The van der Waals surface area contributed by atoms with Gasteiger partial charge in [0, 0.05) is 21.8 Å². The minimum absolute atomic E-state index is 0.161. The second-order valence-corrected chi connectivity index (χ2v) is 6.95. The maximum atomic E-state index is 11.9. The third-order valence-electron chi connectivity index (χ3n) is 3.21. The van der Waals surface area contributed by atoms with Crippen molar-refractivity contribution >= 4 is 10.8 Å². The molecule has 1 atom stereocenters. The molecule has 0 bridgehead atoms. The summed E-state index contributed by atoms with van der Waals surface area (Å²) in [5.41, 5.74) is 5.81. The molecule has 0 aliphatic heterocycles. The maximum absolute atomic E-state index is 11.9. The summed E-state index contributed by atoms with van der Waals surface area (Å²) in [7, 11) is -0.599. The fourth-order valence-corrected chi connectivity index (χ4v) is 3.74. The minimum Gasteiger partial charge on any atom is -0.330 e. The van der Waals surface area contributed by atoms with Crippen LogP contribution in [-0.2, 0) is 10.8 Å². The van der Waals surface area contributed by atoms with E-state index in [0.29, 0.717) is 11.8 Å². The van der Waals surface area contributed by atoms with Crippen molar-refractivity contribution < 1.29 is 4.21 Å². The van der Waals surface area contributed by atoms with E-state index in [2.05, 4.69) is 13.8 Å². The molecule has 0 aromatic rings. The van der Waals surface area contributed by atoms with Gasteiger partial charge in [-0.05, 0) is 31.2 Å². The molecule has 1 aliphatic rings. The molecule has 0 amide bonds. The van der Waals surface area contributed by atoms with E-state index in [1.807, 2.05) is 0 Å². The Balaban J connectivity index is 2.27. The van der Waals surface area contributed by atoms with Crippen LogP contribution in [0.25, 0.3) is 0 Å². The van der Waals surface area contributed by atoms with Crippen molar-refractivity contribution in [2.75, 3.05) is 12.3 Å². The van der Waals surface area contributed by atoms with Gasteiger partial charge in [0.25, 0.3) is 0 Å². The molecule has 2 N–H and O–H groups in total. The first-order chi connectivity index (χ1) is 6.55. The molecular formula is C11H23NOS. The van der Waals surface area contributed by atoms with E-state index in [1.165, 1.54) is 25.7 Å². The average Bonchev–Trinajstić information content (AvgIpc) is 2.67. The molecule has 14 heavy (non-hydrogen) atoms. The summed E-state index contributed by atoms with van der Waals surface area (Å²) < 4.78 is 11.9. The first-order valence-corrected chi connectivity index (χ1v) is 7.00. The second kappa shape index (κ2) is 5.26. The van der Waals surface area contributed by atoms with Crippen LogP contribution in [0.15, 0.2) is 0 Å². The van der Waals surface area contributed by atoms with Gasteiger partial charge in [-0.15, -0.1) is 0 Å². The summed E-state index contributed by atoms with van der Waals surface area (Å²) in [6.45, 7) is 4.99. The lowest BCUT2D eigenvalue weighted by atomic mass is 9.91. The number of nitrogens with two attached hydrogens (primary N) is 1. The van der Waals surface area contributed by atoms with Gasteiger partial charge in [-0.3, -0.25) is 4.21 Å². The van der Waals surface area contributed by atoms with Crippen molar-refractivity contribution in [1.82, 2.24) is 0 Å². The molecule has 0 radical (unpaired) electrons. The Labute approximate surface area is 90.1 Å². The zero-order chi connectivity index (χ0) is 10.6. The Morgan fingerprint density at radius 3 is 2.43 bits per heavy atom. The zero-order valence-corrected chi connectivity index (χ0v) is 10.2. The van der Waals surface area contributed by atoms with Crippen LogP contribution >= 0.6 is 0 Å². The predicted octanol–water partition coefficient (Wildman–Crippen LogP) is 2.05. The van der Waals surface area contributed by atoms with Gasteiger partial charge in [0.05, 0.1) is 0 Å². The van der Waals surface area contributed by atoms with Crippen molar-refractivity contribution in [3.63, 3.8) is 0 Å². The summed E-state index contributed by atoms with van der Waals surface area (Å²) in [4.78, 5) is 0. The molecule has 0 spiro atoms. The van der Waals surface area contributed by atoms with E-state index >= 15 is 0 Å². The van der Waals surface area contributed by atoms with Crippen LogP contribution < -0.4 is 5.73 Å². The summed E-state index contributed by atoms with van der Waals surface area (Å²) in [6, 6.07) is 0. The monoisotopic (exact) mass is 217 g/mol. The molecule has 0 aromatic heterocycles. The van der Waals surface area contributed by atoms with Crippen LogP contribution in [0.1, 0.15) is 46.0 Å². The van der Waals surface area contributed by atoms with Crippen molar-refractivity contribution in [2.45, 2.75) is 51.2 Å². The molecule has 0 saturated heterocycles. The summed E-state index contributed by atoms with van der Waals surface area (Å²) >= 11 is 0. The van der Waals surface area contributed by atoms with Gasteiger partial charge in [-0.2, -0.15) is 0 Å². The third-order valence-corrected chi connectivity index (χ3v) is 5.03. The van der Waals surface area contributed by atoms with E-state index < -0.39 is 10.8 Å². The Kier molecular flexibility index (Phi) is 4.58. The van der Waals surface area contributed by atoms with Gasteiger partial charge in [0.15, 0.2) is 0 Å². The van der Waals surface area contributed by atoms with Crippen LogP contribution in [0, 0.1) is 5.41 Å². The highest BCUT2D eigenvalue weighted by atomic mass is 32.2. The second-order valence-electron chi connectivity index (χ2n) is 5.11. The van der Waals surface area contributed by atoms with Crippen molar-refractivity contribution in [1.29, 1.82) is 0 Å². The van der Waals surface area contributed by atoms with Gasteiger partial charge in [-0.1, -0.05) is 26.7 Å². The molecule has 1 fully saturated rings. The SMILES string of the molecule is CC(C)(CN)CCS(=O)C1CCCC1. The lowest BCUT2D eigenvalue weighted by Gasteiger charge is -2.22. The molecule has 1 unspecified atom stereocenters. The molecule has 2 nitrogen and oxygen atoms in total. The van der Waals surface area contributed by atoms with Crippen LogP contribution in [0.2, 0.25) is 0 Å². The van der Waals surface area contributed by atoms with Crippen LogP contribution in [0.4, 0.5) is 0 Å². The Hall–Kier alpha value is 0.110. The summed E-state index contributed by atoms with van der Waals surface area (Å²) in [6.07, 6.45) is 5.89. The smallest absolute Gasteiger partial charge is 0.0348 e. The largest absolute Gasteiger partial charge is 0.330 e. The van der Waals surface area contributed by atoms with Gasteiger partial charge < -0.3 is 5.73 Å². The van der Waals surface area contributed by atoms with E-state index in [9.17, 15) is 4.21 Å². The van der Waals surface area contributed by atoms with Gasteiger partial charge in [-0.25, -0.2) is 0 Å². The van der Waals surface area contributed by atoms with Gasteiger partial charge in [0.1, 0.15) is 0 Å². The predicted molar refractivity (Wildman–Crippen MR) is 62.7 cm³/mol. The van der Waals surface area contributed by atoms with Crippen molar-refractivity contribution in [3.8, 4) is 0 Å². The Bertz CT molecular complexity index is 197. The normalized spacial score (nSPS) is 21.4. The molecule has 1 aliphatic carbocycles. The summed E-state index contributed by atoms with van der Waals surface area (Å²) in [5, 5.41) is 0.489. The number of rotatable bonds is 5. The lowest BCUT2D eigenvalue weighted by Crippen LogP contribution is -2.27. The Morgan fingerprint density at radius 2 is 1.93 bits per heavy atom. The Morgan fingerprint density at radius 1 is 1.36 bits per heavy atom. The highest BCUT2D eigenvalue weighted by molar-refractivity contribution is 7.85. The quantitative estimate of drug-likeness (QED) is 0.766. The maximum Gasteiger partial charge on any atom is 0.0348 e. The highest BCUT2D eigenvalue weighted by Crippen LogP contribution is 2.25. The zero-order valence-electron chi connectivity index (χ0n) is 9.42. The fourth-order valence-electron chi connectivity index (χ4n) is 1.80.